The van der Waals surface area contributed by atoms with Crippen molar-refractivity contribution in [1.29, 1.82) is 0 Å². The Balaban J connectivity index is 1.98. The number of hydrogen-bond donors (Lipinski definition) is 2. The van der Waals surface area contributed by atoms with Gasteiger partial charge in [-0.3, -0.25) is 9.59 Å². The highest BCUT2D eigenvalue weighted by molar-refractivity contribution is 5.85. The smallest absolute Gasteiger partial charge is 0.307 e. The van der Waals surface area contributed by atoms with E-state index in [2.05, 4.69) is 5.32 Å². The molecule has 1 saturated heterocycles. The molecule has 0 radical (unpaired) electrons. The summed E-state index contributed by atoms with van der Waals surface area (Å²) >= 11 is 0. The van der Waals surface area contributed by atoms with E-state index in [0.29, 0.717) is 19.4 Å². The first-order valence-electron chi connectivity index (χ1n) is 6.39. The van der Waals surface area contributed by atoms with E-state index in [0.717, 1.165) is 6.42 Å². The van der Waals surface area contributed by atoms with Crippen LogP contribution in [-0.2, 0) is 14.3 Å². The molecule has 5 heteroatoms. The van der Waals surface area contributed by atoms with Gasteiger partial charge < -0.3 is 15.2 Å². The van der Waals surface area contributed by atoms with Gasteiger partial charge in [-0.25, -0.2) is 0 Å². The second kappa shape index (κ2) is 5.52. The van der Waals surface area contributed by atoms with Crippen molar-refractivity contribution in [3.63, 3.8) is 0 Å². The van der Waals surface area contributed by atoms with Gasteiger partial charge in [0.2, 0.25) is 5.91 Å². The number of rotatable bonds is 3. The Kier molecular flexibility index (Phi) is 4.01. The summed E-state index contributed by atoms with van der Waals surface area (Å²) in [7, 11) is 0. The quantitative estimate of drug-likeness (QED) is 0.734. The van der Waals surface area contributed by atoms with Crippen LogP contribution in [0.5, 0.6) is 0 Å². The molecule has 2 rings (SSSR count). The molecule has 4 atom stereocenters. The number of carboxylic acid groups (broad SMARTS) is 1. The van der Waals surface area contributed by atoms with Crippen molar-refractivity contribution >= 4 is 11.9 Å². The number of allylic oxidation sites excluding steroid dienone is 2. The van der Waals surface area contributed by atoms with Crippen LogP contribution in [-0.4, -0.2) is 35.7 Å². The van der Waals surface area contributed by atoms with Gasteiger partial charge in [-0.2, -0.15) is 0 Å². The highest BCUT2D eigenvalue weighted by Crippen LogP contribution is 2.26. The van der Waals surface area contributed by atoms with E-state index in [-0.39, 0.29) is 18.1 Å². The van der Waals surface area contributed by atoms with Crippen LogP contribution in [0.25, 0.3) is 0 Å². The van der Waals surface area contributed by atoms with Crippen LogP contribution in [0.2, 0.25) is 0 Å². The summed E-state index contributed by atoms with van der Waals surface area (Å²) in [6.07, 6.45) is 5.47. The van der Waals surface area contributed by atoms with Crippen molar-refractivity contribution in [2.45, 2.75) is 38.3 Å². The Morgan fingerprint density at radius 2 is 1.94 bits per heavy atom. The van der Waals surface area contributed by atoms with Crippen molar-refractivity contribution in [1.82, 2.24) is 5.32 Å². The number of nitrogens with one attached hydrogen (secondary N) is 1. The molecule has 0 saturated carbocycles. The zero-order valence-electron chi connectivity index (χ0n) is 10.5. The van der Waals surface area contributed by atoms with Gasteiger partial charge in [-0.1, -0.05) is 12.2 Å². The maximum absolute atomic E-state index is 12.2. The molecule has 0 aromatic heterocycles. The fourth-order valence-electron chi connectivity index (χ4n) is 2.59. The van der Waals surface area contributed by atoms with E-state index in [1.54, 1.807) is 0 Å². The Bertz CT molecular complexity index is 366. The SMILES string of the molecule is CC1OCCC1NC(=O)C1CC=CCC1C(=O)O. The van der Waals surface area contributed by atoms with E-state index >= 15 is 0 Å². The Hall–Kier alpha value is -1.36. The monoisotopic (exact) mass is 253 g/mol. The van der Waals surface area contributed by atoms with Gasteiger partial charge in [0.1, 0.15) is 0 Å². The molecule has 1 heterocycles. The molecule has 1 amide bonds. The maximum Gasteiger partial charge on any atom is 0.307 e. The molecule has 5 nitrogen and oxygen atoms in total. The van der Waals surface area contributed by atoms with E-state index in [4.69, 9.17) is 9.84 Å². The zero-order valence-corrected chi connectivity index (χ0v) is 10.5. The molecule has 1 aliphatic carbocycles. The average Bonchev–Trinajstić information content (AvgIpc) is 2.75. The van der Waals surface area contributed by atoms with E-state index in [1.165, 1.54) is 0 Å². The molecule has 1 aliphatic heterocycles. The molecular formula is C13H19NO4. The normalized spacial score (nSPS) is 35.4. The van der Waals surface area contributed by atoms with Crippen LogP contribution in [0.3, 0.4) is 0 Å². The molecule has 2 N–H and O–H groups in total. The number of hydrogen-bond acceptors (Lipinski definition) is 3. The fraction of sp³-hybridized carbons (Fsp3) is 0.692. The molecule has 0 bridgehead atoms. The van der Waals surface area contributed by atoms with Gasteiger partial charge in [0.05, 0.1) is 24.0 Å². The number of amides is 1. The predicted molar refractivity (Wildman–Crippen MR) is 65.0 cm³/mol. The number of carbonyl (C=O) groups excluding carboxylic acids is 1. The molecule has 4 unspecified atom stereocenters. The minimum Gasteiger partial charge on any atom is -0.481 e. The predicted octanol–water partition coefficient (Wildman–Crippen LogP) is 0.947. The molecule has 0 aromatic carbocycles. The zero-order chi connectivity index (χ0) is 13.1. The maximum atomic E-state index is 12.2. The summed E-state index contributed by atoms with van der Waals surface area (Å²) in [4.78, 5) is 23.3. The van der Waals surface area contributed by atoms with Crippen molar-refractivity contribution < 1.29 is 19.4 Å². The Morgan fingerprint density at radius 1 is 1.28 bits per heavy atom. The van der Waals surface area contributed by atoms with E-state index in [9.17, 15) is 9.59 Å². The van der Waals surface area contributed by atoms with Crippen LogP contribution in [0.15, 0.2) is 12.2 Å². The lowest BCUT2D eigenvalue weighted by molar-refractivity contribution is -0.147. The average molecular weight is 253 g/mol. The standard InChI is InChI=1S/C13H19NO4/c1-8-11(6-7-18-8)14-12(15)9-4-2-3-5-10(9)13(16)17/h2-3,8-11H,4-7H2,1H3,(H,14,15)(H,16,17). The van der Waals surface area contributed by atoms with Crippen LogP contribution >= 0.6 is 0 Å². The minimum absolute atomic E-state index is 0.0105. The lowest BCUT2D eigenvalue weighted by Gasteiger charge is -2.26. The molecule has 18 heavy (non-hydrogen) atoms. The number of aliphatic carboxylic acids is 1. The minimum atomic E-state index is -0.893. The molecule has 0 aromatic rings. The largest absolute Gasteiger partial charge is 0.481 e. The summed E-state index contributed by atoms with van der Waals surface area (Å²) in [5.74, 6) is -2.11. The van der Waals surface area contributed by atoms with Crippen LogP contribution in [0.1, 0.15) is 26.2 Å². The highest BCUT2D eigenvalue weighted by atomic mass is 16.5. The second-order valence-corrected chi connectivity index (χ2v) is 4.97. The number of carbonyl (C=O) groups is 2. The van der Waals surface area contributed by atoms with Gasteiger partial charge in [0, 0.05) is 6.61 Å². The molecule has 2 aliphatic rings. The van der Waals surface area contributed by atoms with Crippen LogP contribution in [0, 0.1) is 11.8 Å². The third-order valence-electron chi connectivity index (χ3n) is 3.79. The number of carboxylic acids is 1. The number of ether oxygens (including phenoxy) is 1. The molecule has 1 fully saturated rings. The first kappa shape index (κ1) is 13.1. The molecular weight excluding hydrogens is 234 g/mol. The van der Waals surface area contributed by atoms with Gasteiger partial charge in [-0.05, 0) is 26.2 Å². The summed E-state index contributed by atoms with van der Waals surface area (Å²) in [5.41, 5.74) is 0. The summed E-state index contributed by atoms with van der Waals surface area (Å²) < 4.78 is 5.38. The highest BCUT2D eigenvalue weighted by Gasteiger charge is 2.36. The lowest BCUT2D eigenvalue weighted by atomic mass is 9.82. The van der Waals surface area contributed by atoms with E-state index < -0.39 is 17.8 Å². The summed E-state index contributed by atoms with van der Waals surface area (Å²) in [6, 6.07) is 0.0119. The summed E-state index contributed by atoms with van der Waals surface area (Å²) in [5, 5.41) is 12.1. The molecule has 0 spiro atoms. The Morgan fingerprint density at radius 3 is 2.50 bits per heavy atom. The van der Waals surface area contributed by atoms with Crippen molar-refractivity contribution in [2.75, 3.05) is 6.61 Å². The van der Waals surface area contributed by atoms with Gasteiger partial charge in [0.25, 0.3) is 0 Å². The Labute approximate surface area is 106 Å². The van der Waals surface area contributed by atoms with Crippen molar-refractivity contribution in [3.05, 3.63) is 12.2 Å². The topological polar surface area (TPSA) is 75.6 Å². The molecule has 100 valence electrons. The van der Waals surface area contributed by atoms with Crippen LogP contribution in [0.4, 0.5) is 0 Å². The summed E-state index contributed by atoms with van der Waals surface area (Å²) in [6.45, 7) is 2.58. The van der Waals surface area contributed by atoms with Gasteiger partial charge in [-0.15, -0.1) is 0 Å². The van der Waals surface area contributed by atoms with Crippen molar-refractivity contribution in [3.8, 4) is 0 Å². The third-order valence-corrected chi connectivity index (χ3v) is 3.79. The van der Waals surface area contributed by atoms with Gasteiger partial charge in [0.15, 0.2) is 0 Å². The fourth-order valence-corrected chi connectivity index (χ4v) is 2.59. The first-order valence-corrected chi connectivity index (χ1v) is 6.39. The van der Waals surface area contributed by atoms with Crippen LogP contribution < -0.4 is 5.32 Å². The lowest BCUT2D eigenvalue weighted by Crippen LogP contribution is -2.45. The first-order chi connectivity index (χ1) is 8.59. The third kappa shape index (κ3) is 2.72. The van der Waals surface area contributed by atoms with Crippen molar-refractivity contribution in [2.24, 2.45) is 11.8 Å². The van der Waals surface area contributed by atoms with E-state index in [1.807, 2.05) is 19.1 Å². The van der Waals surface area contributed by atoms with Gasteiger partial charge >= 0.3 is 5.97 Å². The second-order valence-electron chi connectivity index (χ2n) is 4.97.